The van der Waals surface area contributed by atoms with Gasteiger partial charge in [-0.15, -0.1) is 5.10 Å². The predicted octanol–water partition coefficient (Wildman–Crippen LogP) is 3.14. The van der Waals surface area contributed by atoms with E-state index >= 15 is 0 Å². The fourth-order valence-corrected chi connectivity index (χ4v) is 4.00. The van der Waals surface area contributed by atoms with Crippen molar-refractivity contribution in [3.8, 4) is 0 Å². The van der Waals surface area contributed by atoms with E-state index in [-0.39, 0.29) is 6.04 Å². The van der Waals surface area contributed by atoms with Crippen LogP contribution in [0.1, 0.15) is 52.3 Å². The summed E-state index contributed by atoms with van der Waals surface area (Å²) in [6.45, 7) is 8.98. The molecule has 0 spiro atoms. The van der Waals surface area contributed by atoms with Crippen LogP contribution in [-0.2, 0) is 0 Å². The third kappa shape index (κ3) is 3.51. The Kier molecular flexibility index (Phi) is 4.56. The molecule has 19 heavy (non-hydrogen) atoms. The highest BCUT2D eigenvalue weighted by atomic mass is 32.2. The molecule has 1 aromatic heterocycles. The Morgan fingerprint density at radius 2 is 2.16 bits per heavy atom. The van der Waals surface area contributed by atoms with Crippen LogP contribution >= 0.6 is 11.8 Å². The number of nitrogens with two attached hydrogens (primary N) is 1. The zero-order chi connectivity index (χ0) is 14.0. The van der Waals surface area contributed by atoms with Crippen molar-refractivity contribution in [2.45, 2.75) is 69.8 Å². The SMILES string of the molecule is CCC(C)(C)C1CCC(N)C(Sc2n[nH]c(C)n2)C1. The average Bonchev–Trinajstić information content (AvgIpc) is 2.77. The first-order valence-electron chi connectivity index (χ1n) is 7.23. The molecule has 1 saturated carbocycles. The van der Waals surface area contributed by atoms with Crippen LogP contribution in [0.25, 0.3) is 0 Å². The summed E-state index contributed by atoms with van der Waals surface area (Å²) in [7, 11) is 0. The van der Waals surface area contributed by atoms with Gasteiger partial charge in [-0.1, -0.05) is 39.0 Å². The number of hydrogen-bond donors (Lipinski definition) is 2. The summed E-state index contributed by atoms with van der Waals surface area (Å²) in [6.07, 6.45) is 4.78. The Bertz CT molecular complexity index is 415. The first-order valence-corrected chi connectivity index (χ1v) is 8.11. The number of H-pyrrole nitrogens is 1. The van der Waals surface area contributed by atoms with Crippen molar-refractivity contribution < 1.29 is 0 Å². The van der Waals surface area contributed by atoms with Gasteiger partial charge in [0.15, 0.2) is 0 Å². The van der Waals surface area contributed by atoms with Gasteiger partial charge < -0.3 is 5.73 Å². The molecule has 5 heteroatoms. The highest BCUT2D eigenvalue weighted by molar-refractivity contribution is 7.99. The van der Waals surface area contributed by atoms with Crippen molar-refractivity contribution in [2.75, 3.05) is 0 Å². The lowest BCUT2D eigenvalue weighted by Crippen LogP contribution is -2.42. The summed E-state index contributed by atoms with van der Waals surface area (Å²) in [5.74, 6) is 1.63. The Morgan fingerprint density at radius 3 is 2.74 bits per heavy atom. The fourth-order valence-electron chi connectivity index (χ4n) is 2.80. The molecule has 0 amide bonds. The van der Waals surface area contributed by atoms with Crippen LogP contribution in [0.5, 0.6) is 0 Å². The Morgan fingerprint density at radius 1 is 1.42 bits per heavy atom. The van der Waals surface area contributed by atoms with Gasteiger partial charge in [0.05, 0.1) is 0 Å². The van der Waals surface area contributed by atoms with Crippen molar-refractivity contribution in [2.24, 2.45) is 17.1 Å². The van der Waals surface area contributed by atoms with E-state index in [0.29, 0.717) is 10.7 Å². The Hall–Kier alpha value is -0.550. The fraction of sp³-hybridized carbons (Fsp3) is 0.857. The molecule has 1 fully saturated rings. The monoisotopic (exact) mass is 282 g/mol. The van der Waals surface area contributed by atoms with Crippen molar-refractivity contribution in [1.29, 1.82) is 0 Å². The largest absolute Gasteiger partial charge is 0.327 e. The highest BCUT2D eigenvalue weighted by Gasteiger charge is 2.36. The highest BCUT2D eigenvalue weighted by Crippen LogP contribution is 2.43. The van der Waals surface area contributed by atoms with Crippen molar-refractivity contribution in [1.82, 2.24) is 15.2 Å². The molecule has 1 aliphatic carbocycles. The zero-order valence-electron chi connectivity index (χ0n) is 12.4. The molecular formula is C14H26N4S. The number of rotatable bonds is 4. The summed E-state index contributed by atoms with van der Waals surface area (Å²) in [4.78, 5) is 4.39. The summed E-state index contributed by atoms with van der Waals surface area (Å²) in [5.41, 5.74) is 6.70. The summed E-state index contributed by atoms with van der Waals surface area (Å²) in [6, 6.07) is 0.271. The van der Waals surface area contributed by atoms with Gasteiger partial charge >= 0.3 is 0 Å². The van der Waals surface area contributed by atoms with Crippen molar-refractivity contribution in [3.63, 3.8) is 0 Å². The van der Waals surface area contributed by atoms with Gasteiger partial charge in [-0.25, -0.2) is 4.98 Å². The maximum atomic E-state index is 6.29. The number of aryl methyl sites for hydroxylation is 1. The van der Waals surface area contributed by atoms with Gasteiger partial charge in [0, 0.05) is 11.3 Å². The summed E-state index contributed by atoms with van der Waals surface area (Å²) < 4.78 is 0. The minimum absolute atomic E-state index is 0.271. The van der Waals surface area contributed by atoms with E-state index in [4.69, 9.17) is 5.73 Å². The summed E-state index contributed by atoms with van der Waals surface area (Å²) in [5, 5.41) is 8.41. The van der Waals surface area contributed by atoms with Crippen LogP contribution in [0.2, 0.25) is 0 Å². The molecule has 3 unspecified atom stereocenters. The number of aromatic amines is 1. The topological polar surface area (TPSA) is 67.6 Å². The van der Waals surface area contributed by atoms with Crippen LogP contribution in [0.15, 0.2) is 5.16 Å². The number of aromatic nitrogens is 3. The zero-order valence-corrected chi connectivity index (χ0v) is 13.3. The van der Waals surface area contributed by atoms with Gasteiger partial charge in [0.25, 0.3) is 0 Å². The van der Waals surface area contributed by atoms with Crippen LogP contribution in [0.4, 0.5) is 0 Å². The lowest BCUT2D eigenvalue weighted by molar-refractivity contribution is 0.148. The minimum Gasteiger partial charge on any atom is -0.327 e. The van der Waals surface area contributed by atoms with Gasteiger partial charge in [0.2, 0.25) is 5.16 Å². The van der Waals surface area contributed by atoms with Crippen molar-refractivity contribution >= 4 is 11.8 Å². The molecule has 0 aliphatic heterocycles. The first kappa shape index (κ1) is 14.9. The Labute approximate surface area is 120 Å². The molecule has 2 rings (SSSR count). The molecule has 0 saturated heterocycles. The molecule has 3 N–H and O–H groups in total. The van der Waals surface area contributed by atoms with E-state index in [2.05, 4.69) is 36.0 Å². The standard InChI is InChI=1S/C14H26N4S/c1-5-14(3,4)10-6-7-11(15)12(8-10)19-13-16-9(2)17-18-13/h10-12H,5-8,15H2,1-4H3,(H,16,17,18). The normalized spacial score (nSPS) is 28.6. The van der Waals surface area contributed by atoms with E-state index in [1.54, 1.807) is 11.8 Å². The molecule has 4 nitrogen and oxygen atoms in total. The van der Waals surface area contributed by atoms with E-state index in [0.717, 1.165) is 23.3 Å². The summed E-state index contributed by atoms with van der Waals surface area (Å²) >= 11 is 1.75. The van der Waals surface area contributed by atoms with Gasteiger partial charge in [-0.2, -0.15) is 0 Å². The number of thioether (sulfide) groups is 1. The lowest BCUT2D eigenvalue weighted by atomic mass is 9.69. The number of hydrogen-bond acceptors (Lipinski definition) is 4. The van der Waals surface area contributed by atoms with E-state index in [9.17, 15) is 0 Å². The molecule has 108 valence electrons. The van der Waals surface area contributed by atoms with Gasteiger partial charge in [0.1, 0.15) is 5.82 Å². The first-order chi connectivity index (χ1) is 8.92. The molecule has 1 aromatic rings. The van der Waals surface area contributed by atoms with Gasteiger partial charge in [-0.05, 0) is 37.5 Å². The smallest absolute Gasteiger partial charge is 0.208 e. The second-order valence-corrected chi connectivity index (χ2v) is 7.58. The van der Waals surface area contributed by atoms with Crippen molar-refractivity contribution in [3.05, 3.63) is 5.82 Å². The molecular weight excluding hydrogens is 256 g/mol. The number of nitrogens with one attached hydrogen (secondary N) is 1. The molecule has 1 aliphatic rings. The maximum Gasteiger partial charge on any atom is 0.208 e. The minimum atomic E-state index is 0.271. The van der Waals surface area contributed by atoms with E-state index in [1.807, 2.05) is 6.92 Å². The van der Waals surface area contributed by atoms with Crippen LogP contribution < -0.4 is 5.73 Å². The van der Waals surface area contributed by atoms with Crippen LogP contribution in [-0.4, -0.2) is 26.5 Å². The third-order valence-electron chi connectivity index (χ3n) is 4.69. The average molecular weight is 282 g/mol. The molecule has 1 heterocycles. The van der Waals surface area contributed by atoms with Crippen LogP contribution in [0.3, 0.4) is 0 Å². The van der Waals surface area contributed by atoms with Gasteiger partial charge in [-0.3, -0.25) is 5.10 Å². The Balaban J connectivity index is 2.02. The molecule has 3 atom stereocenters. The second-order valence-electron chi connectivity index (χ2n) is 6.38. The third-order valence-corrected chi connectivity index (χ3v) is 5.93. The second kappa shape index (κ2) is 5.83. The lowest BCUT2D eigenvalue weighted by Gasteiger charge is -2.41. The van der Waals surface area contributed by atoms with Crippen LogP contribution in [0, 0.1) is 18.3 Å². The quantitative estimate of drug-likeness (QED) is 0.890. The number of nitrogens with zero attached hydrogens (tertiary/aromatic N) is 2. The molecule has 0 aromatic carbocycles. The van der Waals surface area contributed by atoms with E-state index < -0.39 is 0 Å². The molecule has 0 bridgehead atoms. The maximum absolute atomic E-state index is 6.29. The molecule has 0 radical (unpaired) electrons. The predicted molar refractivity (Wildman–Crippen MR) is 80.2 cm³/mol. The van der Waals surface area contributed by atoms with E-state index in [1.165, 1.54) is 19.3 Å².